The van der Waals surface area contributed by atoms with Gasteiger partial charge in [0.2, 0.25) is 5.91 Å². The minimum atomic E-state index is -0.463. The van der Waals surface area contributed by atoms with Crippen LogP contribution in [0.25, 0.3) is 11.3 Å². The molecule has 2 heterocycles. The van der Waals surface area contributed by atoms with Gasteiger partial charge in [-0.05, 0) is 54.7 Å². The molecule has 1 fully saturated rings. The molecule has 1 aromatic heterocycles. The minimum absolute atomic E-state index is 0.0790. The van der Waals surface area contributed by atoms with Crippen LogP contribution in [-0.2, 0) is 23.2 Å². The molecule has 0 atom stereocenters. The van der Waals surface area contributed by atoms with E-state index in [1.807, 2.05) is 42.6 Å². The average Bonchev–Trinajstić information content (AvgIpc) is 3.47. The van der Waals surface area contributed by atoms with Crippen LogP contribution >= 0.6 is 11.6 Å². The molecule has 2 aromatic carbocycles. The van der Waals surface area contributed by atoms with E-state index >= 15 is 0 Å². The maximum Gasteiger partial charge on any atom is 0.235 e. The van der Waals surface area contributed by atoms with Gasteiger partial charge in [-0.3, -0.25) is 4.79 Å². The van der Waals surface area contributed by atoms with E-state index in [1.54, 1.807) is 0 Å². The lowest BCUT2D eigenvalue weighted by Gasteiger charge is -2.28. The van der Waals surface area contributed by atoms with E-state index in [4.69, 9.17) is 11.6 Å². The maximum absolute atomic E-state index is 13.3. The van der Waals surface area contributed by atoms with Crippen molar-refractivity contribution in [2.24, 2.45) is 0 Å². The summed E-state index contributed by atoms with van der Waals surface area (Å²) in [4.78, 5) is 17.9. The van der Waals surface area contributed by atoms with Gasteiger partial charge in [-0.15, -0.1) is 0 Å². The summed E-state index contributed by atoms with van der Waals surface area (Å²) in [5.74, 6) is 1.25. The number of aromatic nitrogens is 2. The molecule has 29 heavy (non-hydrogen) atoms. The zero-order valence-corrected chi connectivity index (χ0v) is 17.1. The van der Waals surface area contributed by atoms with E-state index in [1.165, 1.54) is 5.82 Å². The highest BCUT2D eigenvalue weighted by molar-refractivity contribution is 6.30. The van der Waals surface area contributed by atoms with E-state index in [0.717, 1.165) is 67.6 Å². The lowest BCUT2D eigenvalue weighted by atomic mass is 9.78. The van der Waals surface area contributed by atoms with Crippen molar-refractivity contribution in [3.8, 4) is 11.3 Å². The van der Waals surface area contributed by atoms with Crippen molar-refractivity contribution in [1.82, 2.24) is 9.55 Å². The van der Waals surface area contributed by atoms with Gasteiger partial charge in [0, 0.05) is 23.7 Å². The molecule has 4 nitrogen and oxygen atoms in total. The number of amides is 1. The average molecular weight is 406 g/mol. The number of rotatable bonds is 4. The first-order chi connectivity index (χ1) is 14.2. The lowest BCUT2D eigenvalue weighted by Crippen LogP contribution is -2.37. The Labute approximate surface area is 175 Å². The molecule has 0 unspecified atom stereocenters. The molecule has 0 bridgehead atoms. The molecule has 0 radical (unpaired) electrons. The van der Waals surface area contributed by atoms with Gasteiger partial charge in [0.15, 0.2) is 0 Å². The molecule has 0 spiro atoms. The Morgan fingerprint density at radius 3 is 2.45 bits per heavy atom. The second kappa shape index (κ2) is 7.34. The van der Waals surface area contributed by atoms with E-state index in [0.29, 0.717) is 5.02 Å². The van der Waals surface area contributed by atoms with E-state index in [-0.39, 0.29) is 5.91 Å². The lowest BCUT2D eigenvalue weighted by molar-refractivity contribution is -0.121. The molecule has 2 aliphatic rings. The Morgan fingerprint density at radius 1 is 1.00 bits per heavy atom. The van der Waals surface area contributed by atoms with Crippen LogP contribution < -0.4 is 5.32 Å². The number of hydrogen-bond donors (Lipinski definition) is 1. The zero-order valence-electron chi connectivity index (χ0n) is 16.3. The van der Waals surface area contributed by atoms with E-state index in [2.05, 4.69) is 27.0 Å². The third-order valence-corrected chi connectivity index (χ3v) is 6.70. The maximum atomic E-state index is 13.3. The number of carbonyl (C=O) groups excluding carboxylic acids is 1. The number of benzene rings is 2. The fourth-order valence-electron chi connectivity index (χ4n) is 4.86. The predicted molar refractivity (Wildman–Crippen MR) is 116 cm³/mol. The summed E-state index contributed by atoms with van der Waals surface area (Å²) >= 11 is 6.06. The third kappa shape index (κ3) is 3.25. The largest absolute Gasteiger partial charge is 0.328 e. The summed E-state index contributed by atoms with van der Waals surface area (Å²) < 4.78 is 2.29. The van der Waals surface area contributed by atoms with Gasteiger partial charge in [-0.25, -0.2) is 4.98 Å². The standard InChI is InChI=1S/C24H24ClN3O/c25-19-9-7-18(8-10-19)24(13-1-2-14-24)23(29)27-20-11-5-17(6-12-20)21-16-26-22-4-3-15-28(21)22/h5-12,16H,1-4,13-15H2,(H,27,29). The number of halogens is 1. The van der Waals surface area contributed by atoms with Crippen LogP contribution in [0.5, 0.6) is 0 Å². The van der Waals surface area contributed by atoms with Gasteiger partial charge in [-0.1, -0.05) is 48.7 Å². The van der Waals surface area contributed by atoms with Crippen molar-refractivity contribution in [2.75, 3.05) is 5.32 Å². The van der Waals surface area contributed by atoms with Crippen LogP contribution in [0.1, 0.15) is 43.5 Å². The SMILES string of the molecule is O=C(Nc1ccc(-c2cnc3n2CCC3)cc1)C1(c2ccc(Cl)cc2)CCCC1. The first-order valence-corrected chi connectivity index (χ1v) is 10.8. The van der Waals surface area contributed by atoms with Gasteiger partial charge >= 0.3 is 0 Å². The minimum Gasteiger partial charge on any atom is -0.328 e. The molecule has 1 aliphatic carbocycles. The van der Waals surface area contributed by atoms with Crippen molar-refractivity contribution < 1.29 is 4.79 Å². The highest BCUT2D eigenvalue weighted by Crippen LogP contribution is 2.42. The number of carbonyl (C=O) groups is 1. The van der Waals surface area contributed by atoms with Gasteiger partial charge in [0.25, 0.3) is 0 Å². The second-order valence-electron chi connectivity index (χ2n) is 8.14. The Bertz CT molecular complexity index is 1030. The van der Waals surface area contributed by atoms with Gasteiger partial charge in [-0.2, -0.15) is 0 Å². The van der Waals surface area contributed by atoms with E-state index in [9.17, 15) is 4.79 Å². The van der Waals surface area contributed by atoms with Crippen molar-refractivity contribution >= 4 is 23.2 Å². The Morgan fingerprint density at radius 2 is 1.72 bits per heavy atom. The van der Waals surface area contributed by atoms with Crippen molar-refractivity contribution in [1.29, 1.82) is 0 Å². The number of hydrogen-bond acceptors (Lipinski definition) is 2. The number of aryl methyl sites for hydroxylation is 1. The Kier molecular flexibility index (Phi) is 4.67. The second-order valence-corrected chi connectivity index (χ2v) is 8.58. The van der Waals surface area contributed by atoms with Crippen LogP contribution in [-0.4, -0.2) is 15.5 Å². The first kappa shape index (κ1) is 18.4. The Hall–Kier alpha value is -2.59. The number of imidazole rings is 1. The normalized spacial score (nSPS) is 17.3. The molecule has 0 saturated heterocycles. The number of nitrogens with one attached hydrogen (secondary N) is 1. The summed E-state index contributed by atoms with van der Waals surface area (Å²) in [6.07, 6.45) is 8.07. The Balaban J connectivity index is 1.37. The molecule has 5 heteroatoms. The zero-order chi connectivity index (χ0) is 19.8. The van der Waals surface area contributed by atoms with Crippen LogP contribution in [0.3, 0.4) is 0 Å². The highest BCUT2D eigenvalue weighted by atomic mass is 35.5. The molecule has 1 saturated carbocycles. The number of fused-ring (bicyclic) bond motifs is 1. The summed E-state index contributed by atoms with van der Waals surface area (Å²) in [6, 6.07) is 15.9. The molecule has 5 rings (SSSR count). The van der Waals surface area contributed by atoms with Crippen molar-refractivity contribution in [3.05, 3.63) is 71.1 Å². The molecule has 1 N–H and O–H groups in total. The molecule has 1 aliphatic heterocycles. The molecule has 148 valence electrons. The topological polar surface area (TPSA) is 46.9 Å². The molecule has 1 amide bonds. The van der Waals surface area contributed by atoms with E-state index < -0.39 is 5.41 Å². The van der Waals surface area contributed by atoms with Crippen LogP contribution in [0.15, 0.2) is 54.7 Å². The summed E-state index contributed by atoms with van der Waals surface area (Å²) in [5.41, 5.74) is 3.72. The fourth-order valence-corrected chi connectivity index (χ4v) is 4.98. The quantitative estimate of drug-likeness (QED) is 0.614. The number of nitrogens with zero attached hydrogens (tertiary/aromatic N) is 2. The van der Waals surface area contributed by atoms with Crippen LogP contribution in [0.4, 0.5) is 5.69 Å². The monoisotopic (exact) mass is 405 g/mol. The fraction of sp³-hybridized carbons (Fsp3) is 0.333. The smallest absolute Gasteiger partial charge is 0.235 e. The van der Waals surface area contributed by atoms with Crippen molar-refractivity contribution in [3.63, 3.8) is 0 Å². The molecular weight excluding hydrogens is 382 g/mol. The molecule has 3 aromatic rings. The van der Waals surface area contributed by atoms with Gasteiger partial charge in [0.05, 0.1) is 17.3 Å². The summed E-state index contributed by atoms with van der Waals surface area (Å²) in [5, 5.41) is 3.87. The summed E-state index contributed by atoms with van der Waals surface area (Å²) in [7, 11) is 0. The van der Waals surface area contributed by atoms with Crippen LogP contribution in [0, 0.1) is 0 Å². The predicted octanol–water partition coefficient (Wildman–Crippen LogP) is 5.60. The molecular formula is C24H24ClN3O. The highest BCUT2D eigenvalue weighted by Gasteiger charge is 2.42. The van der Waals surface area contributed by atoms with Gasteiger partial charge in [0.1, 0.15) is 5.82 Å². The van der Waals surface area contributed by atoms with Crippen molar-refractivity contribution in [2.45, 2.75) is 50.5 Å². The summed E-state index contributed by atoms with van der Waals surface area (Å²) in [6.45, 7) is 1.03. The van der Waals surface area contributed by atoms with Gasteiger partial charge < -0.3 is 9.88 Å². The van der Waals surface area contributed by atoms with Crippen LogP contribution in [0.2, 0.25) is 5.02 Å². The number of anilines is 1. The third-order valence-electron chi connectivity index (χ3n) is 6.45. The first-order valence-electron chi connectivity index (χ1n) is 10.4.